The molecule has 0 aliphatic carbocycles. The molecule has 2 aromatic rings. The Bertz CT molecular complexity index is 712. The third-order valence-electron chi connectivity index (χ3n) is 3.12. The summed E-state index contributed by atoms with van der Waals surface area (Å²) in [4.78, 5) is 15.0. The maximum Gasteiger partial charge on any atom is 0.573 e. The first kappa shape index (κ1) is 16.8. The predicted molar refractivity (Wildman–Crippen MR) is 70.5 cm³/mol. The molecule has 5 nitrogen and oxygen atoms in total. The number of hydrogen-bond acceptors (Lipinski definition) is 4. The number of hydrogen-bond donors (Lipinski definition) is 0. The summed E-state index contributed by atoms with van der Waals surface area (Å²) in [6.45, 7) is 1.57. The number of ether oxygens (including phenoxy) is 2. The quantitative estimate of drug-likeness (QED) is 0.637. The average Bonchev–Trinajstić information content (AvgIpc) is 2.86. The normalized spacial score (nSPS) is 12.8. The molecule has 0 N–H and O–H groups in total. The molecule has 0 saturated carbocycles. The minimum absolute atomic E-state index is 0.370. The number of methoxy groups -OCH3 is 1. The van der Waals surface area contributed by atoms with Gasteiger partial charge in [-0.2, -0.15) is 4.39 Å². The van der Waals surface area contributed by atoms with Gasteiger partial charge in [0.25, 0.3) is 0 Å². The van der Waals surface area contributed by atoms with Gasteiger partial charge in [0.05, 0.1) is 19.5 Å². The number of nitrogens with zero attached hydrogens (tertiary/aromatic N) is 2. The van der Waals surface area contributed by atoms with Crippen molar-refractivity contribution in [3.05, 3.63) is 47.8 Å². The van der Waals surface area contributed by atoms with Crippen molar-refractivity contribution in [2.75, 3.05) is 7.11 Å². The van der Waals surface area contributed by atoms with E-state index in [0.29, 0.717) is 5.56 Å². The first-order valence-corrected chi connectivity index (χ1v) is 6.39. The number of carbonyl (C=O) groups excluding carboxylic acids is 1. The molecule has 0 radical (unpaired) electrons. The number of esters is 1. The summed E-state index contributed by atoms with van der Waals surface area (Å²) in [5, 5.41) is 0. The molecule has 0 aliphatic rings. The molecule has 9 heteroatoms. The lowest BCUT2D eigenvalue weighted by atomic mass is 10.1. The largest absolute Gasteiger partial charge is 0.573 e. The highest BCUT2D eigenvalue weighted by molar-refractivity contribution is 5.87. The second-order valence-electron chi connectivity index (χ2n) is 4.58. The van der Waals surface area contributed by atoms with Crippen LogP contribution in [0.3, 0.4) is 0 Å². The van der Waals surface area contributed by atoms with Gasteiger partial charge < -0.3 is 14.0 Å². The molecule has 1 aromatic heterocycles. The highest BCUT2D eigenvalue weighted by Crippen LogP contribution is 2.28. The van der Waals surface area contributed by atoms with Crippen LogP contribution in [0.4, 0.5) is 17.6 Å². The number of imidazole rings is 1. The molecule has 0 bridgehead atoms. The van der Waals surface area contributed by atoms with Crippen molar-refractivity contribution in [3.63, 3.8) is 0 Å². The molecule has 1 heterocycles. The topological polar surface area (TPSA) is 53.3 Å². The lowest BCUT2D eigenvalue weighted by Crippen LogP contribution is -2.18. The Hall–Kier alpha value is -2.58. The van der Waals surface area contributed by atoms with Gasteiger partial charge in [-0.05, 0) is 24.6 Å². The molecule has 1 aromatic carbocycles. The fraction of sp³-hybridized carbons (Fsp3) is 0.286. The standard InChI is InChI=1S/C14H12F4N2O3/c1-8(20-7-19-12(15)11(20)13(21)22-2)9-4-3-5-10(6-9)23-14(16,17)18/h3-8H,1-2H3. The van der Waals surface area contributed by atoms with Crippen LogP contribution in [0.1, 0.15) is 29.0 Å². The van der Waals surface area contributed by atoms with E-state index in [-0.39, 0.29) is 0 Å². The molecule has 1 unspecified atom stereocenters. The smallest absolute Gasteiger partial charge is 0.464 e. The zero-order valence-electron chi connectivity index (χ0n) is 12.1. The Morgan fingerprint density at radius 2 is 2.04 bits per heavy atom. The number of aromatic nitrogens is 2. The second-order valence-corrected chi connectivity index (χ2v) is 4.58. The van der Waals surface area contributed by atoms with E-state index in [2.05, 4.69) is 14.5 Å². The Kier molecular flexibility index (Phi) is 4.57. The second kappa shape index (κ2) is 6.27. The summed E-state index contributed by atoms with van der Waals surface area (Å²) >= 11 is 0. The zero-order valence-corrected chi connectivity index (χ0v) is 12.1. The number of carbonyl (C=O) groups is 1. The lowest BCUT2D eigenvalue weighted by molar-refractivity contribution is -0.274. The Labute approximate surface area is 128 Å². The predicted octanol–water partition coefficient (Wildman–Crippen LogP) is 3.32. The fourth-order valence-corrected chi connectivity index (χ4v) is 2.05. The molecule has 0 saturated heterocycles. The summed E-state index contributed by atoms with van der Waals surface area (Å²) < 4.78 is 59.9. The number of halogens is 4. The molecule has 1 atom stereocenters. The summed E-state index contributed by atoms with van der Waals surface area (Å²) in [5.41, 5.74) is -0.0450. The first-order chi connectivity index (χ1) is 10.7. The summed E-state index contributed by atoms with van der Waals surface area (Å²) in [7, 11) is 1.08. The highest BCUT2D eigenvalue weighted by atomic mass is 19.4. The molecule has 0 aliphatic heterocycles. The van der Waals surface area contributed by atoms with Gasteiger partial charge in [-0.15, -0.1) is 13.2 Å². The van der Waals surface area contributed by atoms with Crippen LogP contribution in [0.5, 0.6) is 5.75 Å². The molecular formula is C14H12F4N2O3. The van der Waals surface area contributed by atoms with E-state index in [1.165, 1.54) is 16.7 Å². The molecule has 2 rings (SSSR count). The number of alkyl halides is 3. The van der Waals surface area contributed by atoms with E-state index < -0.39 is 35.8 Å². The van der Waals surface area contributed by atoms with E-state index in [4.69, 9.17) is 0 Å². The van der Waals surface area contributed by atoms with Crippen molar-refractivity contribution in [2.24, 2.45) is 0 Å². The van der Waals surface area contributed by atoms with Crippen LogP contribution in [-0.2, 0) is 4.74 Å². The average molecular weight is 332 g/mol. The van der Waals surface area contributed by atoms with Crippen LogP contribution in [-0.4, -0.2) is 29.0 Å². The Balaban J connectivity index is 2.36. The lowest BCUT2D eigenvalue weighted by Gasteiger charge is -2.17. The van der Waals surface area contributed by atoms with Crippen LogP contribution in [0, 0.1) is 5.95 Å². The van der Waals surface area contributed by atoms with E-state index in [1.807, 2.05) is 0 Å². The molecule has 124 valence electrons. The van der Waals surface area contributed by atoms with E-state index in [9.17, 15) is 22.4 Å². The molecule has 0 fully saturated rings. The van der Waals surface area contributed by atoms with Crippen LogP contribution in [0.2, 0.25) is 0 Å². The van der Waals surface area contributed by atoms with Gasteiger partial charge in [-0.3, -0.25) is 0 Å². The zero-order chi connectivity index (χ0) is 17.2. The third kappa shape index (κ3) is 3.79. The monoisotopic (exact) mass is 332 g/mol. The SMILES string of the molecule is COC(=O)c1c(F)ncn1C(C)c1cccc(OC(F)(F)F)c1. The van der Waals surface area contributed by atoms with Gasteiger partial charge in [0.15, 0.2) is 5.69 Å². The molecule has 23 heavy (non-hydrogen) atoms. The van der Waals surface area contributed by atoms with Crippen molar-refractivity contribution in [1.82, 2.24) is 9.55 Å². The van der Waals surface area contributed by atoms with Gasteiger partial charge >= 0.3 is 12.3 Å². The van der Waals surface area contributed by atoms with Crippen molar-refractivity contribution in [3.8, 4) is 5.75 Å². The molecule has 0 amide bonds. The minimum Gasteiger partial charge on any atom is -0.464 e. The van der Waals surface area contributed by atoms with E-state index >= 15 is 0 Å². The van der Waals surface area contributed by atoms with Gasteiger partial charge in [0.1, 0.15) is 5.75 Å². The van der Waals surface area contributed by atoms with Crippen LogP contribution >= 0.6 is 0 Å². The molecule has 0 spiro atoms. The van der Waals surface area contributed by atoms with Crippen molar-refractivity contribution < 1.29 is 31.8 Å². The summed E-state index contributed by atoms with van der Waals surface area (Å²) in [6, 6.07) is 4.50. The van der Waals surface area contributed by atoms with Gasteiger partial charge in [0, 0.05) is 0 Å². The van der Waals surface area contributed by atoms with Crippen LogP contribution in [0.15, 0.2) is 30.6 Å². The summed E-state index contributed by atoms with van der Waals surface area (Å²) in [5.74, 6) is -2.37. The van der Waals surface area contributed by atoms with E-state index in [1.54, 1.807) is 6.92 Å². The number of rotatable bonds is 4. The van der Waals surface area contributed by atoms with Crippen molar-refractivity contribution >= 4 is 5.97 Å². The van der Waals surface area contributed by atoms with E-state index in [0.717, 1.165) is 25.6 Å². The van der Waals surface area contributed by atoms with Gasteiger partial charge in [-0.1, -0.05) is 12.1 Å². The third-order valence-corrected chi connectivity index (χ3v) is 3.12. The first-order valence-electron chi connectivity index (χ1n) is 6.39. The van der Waals surface area contributed by atoms with Crippen LogP contribution in [0.25, 0.3) is 0 Å². The van der Waals surface area contributed by atoms with Crippen molar-refractivity contribution in [1.29, 1.82) is 0 Å². The minimum atomic E-state index is -4.82. The van der Waals surface area contributed by atoms with Crippen LogP contribution < -0.4 is 4.74 Å². The maximum atomic E-state index is 13.6. The summed E-state index contributed by atoms with van der Waals surface area (Å²) in [6.07, 6.45) is -3.75. The van der Waals surface area contributed by atoms with Gasteiger partial charge in [-0.25, -0.2) is 9.78 Å². The highest BCUT2D eigenvalue weighted by Gasteiger charge is 2.31. The molecular weight excluding hydrogens is 320 g/mol. The van der Waals surface area contributed by atoms with Crippen molar-refractivity contribution in [2.45, 2.75) is 19.3 Å². The Morgan fingerprint density at radius 1 is 1.35 bits per heavy atom. The Morgan fingerprint density at radius 3 is 2.65 bits per heavy atom. The maximum absolute atomic E-state index is 13.6. The fourth-order valence-electron chi connectivity index (χ4n) is 2.05. The number of benzene rings is 1. The van der Waals surface area contributed by atoms with Gasteiger partial charge in [0.2, 0.25) is 5.95 Å².